The molecule has 1 aromatic heterocycles. The number of benzene rings is 1. The van der Waals surface area contributed by atoms with Crippen molar-refractivity contribution in [3.05, 3.63) is 36.0 Å². The number of hydrogen-bond donors (Lipinski definition) is 1. The fourth-order valence-electron chi connectivity index (χ4n) is 1.10. The van der Waals surface area contributed by atoms with Crippen molar-refractivity contribution < 1.29 is 5.11 Å². The van der Waals surface area contributed by atoms with Crippen LogP contribution in [0.5, 0.6) is 5.75 Å². The summed E-state index contributed by atoms with van der Waals surface area (Å²) in [6.07, 6.45) is 0. The van der Waals surface area contributed by atoms with Gasteiger partial charge in [0.1, 0.15) is 11.3 Å². The number of phenolic OH excluding ortho intramolecular Hbond substituents is 1. The average molecular weight is 157 g/mol. The number of fused-ring (bicyclic) bond motifs is 1. The highest BCUT2D eigenvalue weighted by molar-refractivity contribution is 5.82. The SMILES string of the molecule is Cc1c#cc2cccc(O)c2n1. The molecule has 0 atom stereocenters. The van der Waals surface area contributed by atoms with Crippen LogP contribution in [0.15, 0.2) is 18.2 Å². The molecule has 1 N–H and O–H groups in total. The highest BCUT2D eigenvalue weighted by Crippen LogP contribution is 2.19. The summed E-state index contributed by atoms with van der Waals surface area (Å²) in [6.45, 7) is 1.82. The predicted octanol–water partition coefficient (Wildman–Crippen LogP) is 1.85. The summed E-state index contributed by atoms with van der Waals surface area (Å²) in [6, 6.07) is 11.0. The Kier molecular flexibility index (Phi) is 1.38. The van der Waals surface area contributed by atoms with Gasteiger partial charge in [-0.1, -0.05) is 12.1 Å². The Bertz CT molecular complexity index is 423. The Morgan fingerprint density at radius 3 is 3.00 bits per heavy atom. The Labute approximate surface area is 70.5 Å². The molecule has 0 saturated heterocycles. The molecule has 2 rings (SSSR count). The van der Waals surface area contributed by atoms with Crippen LogP contribution in [0.1, 0.15) is 5.69 Å². The van der Waals surface area contributed by atoms with E-state index in [9.17, 15) is 5.11 Å². The van der Waals surface area contributed by atoms with Gasteiger partial charge in [-0.25, -0.2) is 4.98 Å². The minimum absolute atomic E-state index is 0.195. The van der Waals surface area contributed by atoms with Crippen LogP contribution in [0.3, 0.4) is 0 Å². The minimum atomic E-state index is 0.195. The highest BCUT2D eigenvalue weighted by Gasteiger charge is 1.98. The van der Waals surface area contributed by atoms with Gasteiger partial charge in [-0.15, -0.1) is 0 Å². The molecule has 2 nitrogen and oxygen atoms in total. The lowest BCUT2D eigenvalue weighted by atomic mass is 10.2. The molecule has 0 aliphatic carbocycles. The molecule has 0 spiro atoms. The molecule has 0 aliphatic rings. The maximum atomic E-state index is 9.40. The van der Waals surface area contributed by atoms with Crippen LogP contribution in [-0.2, 0) is 0 Å². The summed E-state index contributed by atoms with van der Waals surface area (Å²) in [4.78, 5) is 4.14. The van der Waals surface area contributed by atoms with Crippen molar-refractivity contribution in [2.24, 2.45) is 0 Å². The molecule has 0 amide bonds. The second-order valence-corrected chi connectivity index (χ2v) is 2.62. The van der Waals surface area contributed by atoms with Gasteiger partial charge in [0.2, 0.25) is 0 Å². The number of nitrogens with zero attached hydrogens (tertiary/aromatic N) is 1. The zero-order chi connectivity index (χ0) is 8.55. The molecule has 0 aliphatic heterocycles. The lowest BCUT2D eigenvalue weighted by Crippen LogP contribution is -1.80. The molecular formula is C10H7NO. The molecule has 2 aromatic rings. The number of para-hydroxylation sites is 1. The summed E-state index contributed by atoms with van der Waals surface area (Å²) in [5, 5.41) is 10.2. The summed E-state index contributed by atoms with van der Waals surface area (Å²) in [7, 11) is 0. The summed E-state index contributed by atoms with van der Waals surface area (Å²) < 4.78 is 0. The second kappa shape index (κ2) is 2.38. The lowest BCUT2D eigenvalue weighted by Gasteiger charge is -1.96. The van der Waals surface area contributed by atoms with E-state index in [1.54, 1.807) is 12.1 Å². The third kappa shape index (κ3) is 0.960. The maximum absolute atomic E-state index is 9.40. The van der Waals surface area contributed by atoms with Crippen LogP contribution in [0.25, 0.3) is 10.9 Å². The van der Waals surface area contributed by atoms with Gasteiger partial charge in [0.25, 0.3) is 0 Å². The van der Waals surface area contributed by atoms with Gasteiger partial charge in [0, 0.05) is 0 Å². The smallest absolute Gasteiger partial charge is 0.142 e. The lowest BCUT2D eigenvalue weighted by molar-refractivity contribution is 0.480. The van der Waals surface area contributed by atoms with Crippen molar-refractivity contribution in [3.8, 4) is 5.75 Å². The van der Waals surface area contributed by atoms with Crippen molar-refractivity contribution in [2.45, 2.75) is 6.92 Å². The normalized spacial score (nSPS) is 9.75. The highest BCUT2D eigenvalue weighted by atomic mass is 16.3. The largest absolute Gasteiger partial charge is 0.506 e. The van der Waals surface area contributed by atoms with Gasteiger partial charge in [-0.05, 0) is 25.1 Å². The molecular weight excluding hydrogens is 150 g/mol. The molecule has 1 heterocycles. The van der Waals surface area contributed by atoms with Crippen molar-refractivity contribution >= 4 is 10.9 Å². The number of aromatic hydroxyl groups is 1. The quantitative estimate of drug-likeness (QED) is 0.633. The fraction of sp³-hybridized carbons (Fsp3) is 0.100. The van der Waals surface area contributed by atoms with E-state index < -0.39 is 0 Å². The van der Waals surface area contributed by atoms with Gasteiger partial charge in [0.15, 0.2) is 0 Å². The van der Waals surface area contributed by atoms with E-state index >= 15 is 0 Å². The topological polar surface area (TPSA) is 33.1 Å². The van der Waals surface area contributed by atoms with E-state index in [1.807, 2.05) is 13.0 Å². The Balaban J connectivity index is 2.88. The van der Waals surface area contributed by atoms with Crippen LogP contribution >= 0.6 is 0 Å². The third-order valence-electron chi connectivity index (χ3n) is 1.67. The van der Waals surface area contributed by atoms with Crippen LogP contribution in [0, 0.1) is 19.1 Å². The maximum Gasteiger partial charge on any atom is 0.142 e. The van der Waals surface area contributed by atoms with Crippen molar-refractivity contribution in [3.63, 3.8) is 0 Å². The van der Waals surface area contributed by atoms with Gasteiger partial charge in [-0.2, -0.15) is 0 Å². The first kappa shape index (κ1) is 6.93. The Morgan fingerprint density at radius 1 is 1.33 bits per heavy atom. The number of phenols is 1. The fourth-order valence-corrected chi connectivity index (χ4v) is 1.10. The summed E-state index contributed by atoms with van der Waals surface area (Å²) in [5.74, 6) is 0.195. The van der Waals surface area contributed by atoms with E-state index in [4.69, 9.17) is 0 Å². The van der Waals surface area contributed by atoms with Crippen LogP contribution < -0.4 is 0 Å². The number of aromatic nitrogens is 1. The first-order chi connectivity index (χ1) is 5.77. The number of hydrogen-bond acceptors (Lipinski definition) is 2. The van der Waals surface area contributed by atoms with Crippen LogP contribution in [-0.4, -0.2) is 10.1 Å². The van der Waals surface area contributed by atoms with E-state index in [0.29, 0.717) is 5.52 Å². The van der Waals surface area contributed by atoms with Crippen LogP contribution in [0.2, 0.25) is 0 Å². The van der Waals surface area contributed by atoms with Crippen molar-refractivity contribution in [1.29, 1.82) is 0 Å². The molecule has 1 aromatic carbocycles. The van der Waals surface area contributed by atoms with Gasteiger partial charge in [-0.3, -0.25) is 0 Å². The molecule has 58 valence electrons. The Hall–Kier alpha value is -1.75. The van der Waals surface area contributed by atoms with Gasteiger partial charge < -0.3 is 5.11 Å². The van der Waals surface area contributed by atoms with Gasteiger partial charge >= 0.3 is 0 Å². The zero-order valence-corrected chi connectivity index (χ0v) is 6.63. The molecule has 0 bridgehead atoms. The third-order valence-corrected chi connectivity index (χ3v) is 1.67. The molecule has 12 heavy (non-hydrogen) atoms. The first-order valence-corrected chi connectivity index (χ1v) is 3.66. The Morgan fingerprint density at radius 2 is 2.17 bits per heavy atom. The van der Waals surface area contributed by atoms with E-state index in [1.165, 1.54) is 0 Å². The van der Waals surface area contributed by atoms with Crippen LogP contribution in [0.4, 0.5) is 0 Å². The predicted molar refractivity (Wildman–Crippen MR) is 45.8 cm³/mol. The zero-order valence-electron chi connectivity index (χ0n) is 6.63. The number of aryl methyl sites for hydroxylation is 1. The van der Waals surface area contributed by atoms with Gasteiger partial charge in [0.05, 0.1) is 11.1 Å². The van der Waals surface area contributed by atoms with E-state index in [-0.39, 0.29) is 5.75 Å². The molecule has 0 radical (unpaired) electrons. The molecule has 2 heteroatoms. The van der Waals surface area contributed by atoms with Crippen molar-refractivity contribution in [2.75, 3.05) is 0 Å². The van der Waals surface area contributed by atoms with E-state index in [0.717, 1.165) is 11.1 Å². The standard InChI is InChI=1S/C10H7NO/c1-7-5-6-8-3-2-4-9(12)10(8)11-7/h2-4,12H,1H3. The molecule has 0 fully saturated rings. The van der Waals surface area contributed by atoms with E-state index in [2.05, 4.69) is 17.1 Å². The monoisotopic (exact) mass is 157 g/mol. The molecule has 0 saturated carbocycles. The molecule has 0 unspecified atom stereocenters. The number of rotatable bonds is 0. The second-order valence-electron chi connectivity index (χ2n) is 2.62. The first-order valence-electron chi connectivity index (χ1n) is 3.66. The average Bonchev–Trinajstić information content (AvgIpc) is 2.07. The summed E-state index contributed by atoms with van der Waals surface area (Å²) >= 11 is 0. The summed E-state index contributed by atoms with van der Waals surface area (Å²) in [5.41, 5.74) is 1.33. The van der Waals surface area contributed by atoms with Crippen molar-refractivity contribution in [1.82, 2.24) is 4.98 Å². The minimum Gasteiger partial charge on any atom is -0.506 e.